The van der Waals surface area contributed by atoms with Crippen LogP contribution in [-0.2, 0) is 16.0 Å². The number of amides is 2. The van der Waals surface area contributed by atoms with Crippen molar-refractivity contribution in [3.63, 3.8) is 0 Å². The van der Waals surface area contributed by atoms with Gasteiger partial charge in [-0.05, 0) is 48.4 Å². The summed E-state index contributed by atoms with van der Waals surface area (Å²) in [4.78, 5) is 26.9. The number of piperidine rings is 1. The highest BCUT2D eigenvalue weighted by Crippen LogP contribution is 2.21. The van der Waals surface area contributed by atoms with Gasteiger partial charge in [-0.2, -0.15) is 0 Å². The van der Waals surface area contributed by atoms with Crippen molar-refractivity contribution in [2.45, 2.75) is 45.4 Å². The Bertz CT molecular complexity index is 776. The molecule has 1 aliphatic heterocycles. The molecule has 4 nitrogen and oxygen atoms in total. The first-order valence-corrected chi connectivity index (χ1v) is 10.3. The van der Waals surface area contributed by atoms with Gasteiger partial charge >= 0.3 is 0 Å². The molecule has 0 bridgehead atoms. The fourth-order valence-electron chi connectivity index (χ4n) is 3.64. The second-order valence-corrected chi connectivity index (χ2v) is 7.91. The van der Waals surface area contributed by atoms with E-state index in [1.54, 1.807) is 0 Å². The van der Waals surface area contributed by atoms with Crippen LogP contribution in [-0.4, -0.2) is 29.8 Å². The topological polar surface area (TPSA) is 49.4 Å². The van der Waals surface area contributed by atoms with Gasteiger partial charge in [-0.25, -0.2) is 0 Å². The molecule has 1 fully saturated rings. The quantitative estimate of drug-likeness (QED) is 0.797. The largest absolute Gasteiger partial charge is 0.343 e. The van der Waals surface area contributed by atoms with E-state index in [0.29, 0.717) is 25.4 Å². The van der Waals surface area contributed by atoms with Gasteiger partial charge < -0.3 is 10.2 Å². The van der Waals surface area contributed by atoms with Crippen LogP contribution in [0.4, 0.5) is 5.69 Å². The molecular weight excluding hydrogens is 348 g/mol. The Labute approximate surface area is 167 Å². The van der Waals surface area contributed by atoms with Crippen LogP contribution in [0.3, 0.4) is 0 Å². The first-order valence-electron chi connectivity index (χ1n) is 10.3. The highest BCUT2D eigenvalue weighted by molar-refractivity contribution is 5.92. The number of carbonyl (C=O) groups is 2. The van der Waals surface area contributed by atoms with Gasteiger partial charge in [-0.15, -0.1) is 0 Å². The average molecular weight is 379 g/mol. The number of hydrogen-bond acceptors (Lipinski definition) is 2. The van der Waals surface area contributed by atoms with E-state index in [2.05, 4.69) is 43.4 Å². The van der Waals surface area contributed by atoms with E-state index >= 15 is 0 Å². The summed E-state index contributed by atoms with van der Waals surface area (Å²) in [5.41, 5.74) is 3.36. The fourth-order valence-corrected chi connectivity index (χ4v) is 3.64. The third kappa shape index (κ3) is 5.44. The maximum atomic E-state index is 12.5. The van der Waals surface area contributed by atoms with E-state index in [1.165, 1.54) is 11.1 Å². The molecule has 3 rings (SSSR count). The van der Waals surface area contributed by atoms with Crippen molar-refractivity contribution in [1.82, 2.24) is 4.90 Å². The van der Waals surface area contributed by atoms with Gasteiger partial charge in [0.05, 0.1) is 0 Å². The minimum absolute atomic E-state index is 0.0205. The number of rotatable bonds is 6. The van der Waals surface area contributed by atoms with Crippen LogP contribution in [0.25, 0.3) is 0 Å². The highest BCUT2D eigenvalue weighted by Gasteiger charge is 2.27. The van der Waals surface area contributed by atoms with Gasteiger partial charge in [0.2, 0.25) is 11.8 Å². The Morgan fingerprint density at radius 1 is 1.00 bits per heavy atom. The molecule has 0 spiro atoms. The van der Waals surface area contributed by atoms with Gasteiger partial charge in [0.1, 0.15) is 0 Å². The zero-order valence-corrected chi connectivity index (χ0v) is 16.9. The number of para-hydroxylation sites is 1. The molecule has 2 amide bonds. The van der Waals surface area contributed by atoms with Crippen LogP contribution in [0, 0.1) is 5.92 Å². The summed E-state index contributed by atoms with van der Waals surface area (Å²) in [6, 6.07) is 18.1. The molecule has 1 saturated heterocycles. The van der Waals surface area contributed by atoms with Gasteiger partial charge in [0, 0.05) is 31.1 Å². The van der Waals surface area contributed by atoms with Crippen molar-refractivity contribution in [3.8, 4) is 0 Å². The minimum Gasteiger partial charge on any atom is -0.343 e. The first kappa shape index (κ1) is 20.1. The van der Waals surface area contributed by atoms with Crippen LogP contribution < -0.4 is 5.32 Å². The minimum atomic E-state index is -0.0205. The normalized spacial score (nSPS) is 14.9. The number of benzene rings is 2. The second-order valence-electron chi connectivity index (χ2n) is 7.91. The number of hydrogen-bond donors (Lipinski definition) is 1. The molecule has 1 aliphatic rings. The van der Waals surface area contributed by atoms with Crippen LogP contribution in [0.2, 0.25) is 0 Å². The lowest BCUT2D eigenvalue weighted by molar-refractivity contribution is -0.134. The number of nitrogens with one attached hydrogen (secondary N) is 1. The summed E-state index contributed by atoms with van der Waals surface area (Å²) < 4.78 is 0. The number of carbonyl (C=O) groups excluding carboxylic acids is 2. The number of nitrogens with zero attached hydrogens (tertiary/aromatic N) is 1. The Morgan fingerprint density at radius 3 is 2.25 bits per heavy atom. The lowest BCUT2D eigenvalue weighted by Gasteiger charge is -2.31. The van der Waals surface area contributed by atoms with Gasteiger partial charge in [-0.1, -0.05) is 56.3 Å². The van der Waals surface area contributed by atoms with E-state index < -0.39 is 0 Å². The molecule has 2 aromatic rings. The van der Waals surface area contributed by atoms with Crippen LogP contribution >= 0.6 is 0 Å². The van der Waals surface area contributed by atoms with Crippen molar-refractivity contribution in [2.75, 3.05) is 18.4 Å². The molecule has 4 heteroatoms. The van der Waals surface area contributed by atoms with Crippen LogP contribution in [0.5, 0.6) is 0 Å². The zero-order chi connectivity index (χ0) is 19.9. The predicted molar refractivity (Wildman–Crippen MR) is 113 cm³/mol. The Morgan fingerprint density at radius 2 is 1.64 bits per heavy atom. The van der Waals surface area contributed by atoms with Gasteiger partial charge in [0.25, 0.3) is 0 Å². The lowest BCUT2D eigenvalue weighted by atomic mass is 9.95. The monoisotopic (exact) mass is 378 g/mol. The van der Waals surface area contributed by atoms with Crippen molar-refractivity contribution >= 4 is 17.5 Å². The molecule has 148 valence electrons. The summed E-state index contributed by atoms with van der Waals surface area (Å²) in [6.45, 7) is 5.69. The first-order chi connectivity index (χ1) is 13.5. The molecule has 1 heterocycles. The summed E-state index contributed by atoms with van der Waals surface area (Å²) >= 11 is 0. The summed E-state index contributed by atoms with van der Waals surface area (Å²) in [5, 5.41) is 2.97. The zero-order valence-electron chi connectivity index (χ0n) is 16.9. The van der Waals surface area contributed by atoms with Crippen LogP contribution in [0.15, 0.2) is 54.6 Å². The van der Waals surface area contributed by atoms with Gasteiger partial charge in [-0.3, -0.25) is 9.59 Å². The van der Waals surface area contributed by atoms with E-state index in [0.717, 1.165) is 24.9 Å². The van der Waals surface area contributed by atoms with E-state index in [4.69, 9.17) is 0 Å². The average Bonchev–Trinajstić information content (AvgIpc) is 2.73. The third-order valence-corrected chi connectivity index (χ3v) is 5.53. The Kier molecular flexibility index (Phi) is 6.85. The van der Waals surface area contributed by atoms with E-state index in [-0.39, 0.29) is 17.7 Å². The van der Waals surface area contributed by atoms with Crippen LogP contribution in [0.1, 0.15) is 50.2 Å². The molecular formula is C24H30N2O2. The van der Waals surface area contributed by atoms with E-state index in [9.17, 15) is 9.59 Å². The summed E-state index contributed by atoms with van der Waals surface area (Å²) in [7, 11) is 0. The Hall–Kier alpha value is -2.62. The maximum Gasteiger partial charge on any atom is 0.227 e. The summed E-state index contributed by atoms with van der Waals surface area (Å²) in [6.07, 6.45) is 2.76. The molecule has 1 N–H and O–H groups in total. The van der Waals surface area contributed by atoms with Gasteiger partial charge in [0.15, 0.2) is 0 Å². The predicted octanol–water partition coefficient (Wildman–Crippen LogP) is 4.62. The Balaban J connectivity index is 1.42. The van der Waals surface area contributed by atoms with Crippen molar-refractivity contribution in [2.24, 2.45) is 5.92 Å². The van der Waals surface area contributed by atoms with Crippen molar-refractivity contribution in [1.29, 1.82) is 0 Å². The van der Waals surface area contributed by atoms with Crippen molar-refractivity contribution in [3.05, 3.63) is 65.7 Å². The summed E-state index contributed by atoms with van der Waals surface area (Å²) in [5.74, 6) is 0.752. The maximum absolute atomic E-state index is 12.5. The molecule has 28 heavy (non-hydrogen) atoms. The van der Waals surface area contributed by atoms with Crippen molar-refractivity contribution < 1.29 is 9.59 Å². The second kappa shape index (κ2) is 9.54. The smallest absolute Gasteiger partial charge is 0.227 e. The molecule has 0 aliphatic carbocycles. The SMILES string of the molecule is CC(C)c1ccc(CCC(=O)N2CCC(C(=O)Nc3ccccc3)CC2)cc1. The van der Waals surface area contributed by atoms with E-state index in [1.807, 2.05) is 35.2 Å². The molecule has 0 radical (unpaired) electrons. The number of likely N-dealkylation sites (tertiary alicyclic amines) is 1. The molecule has 0 unspecified atom stereocenters. The lowest BCUT2D eigenvalue weighted by Crippen LogP contribution is -2.41. The molecule has 0 aromatic heterocycles. The number of aryl methyl sites for hydroxylation is 1. The highest BCUT2D eigenvalue weighted by atomic mass is 16.2. The number of anilines is 1. The fraction of sp³-hybridized carbons (Fsp3) is 0.417. The molecule has 2 aromatic carbocycles. The molecule has 0 atom stereocenters. The third-order valence-electron chi connectivity index (χ3n) is 5.53. The standard InChI is InChI=1S/C24H30N2O2/c1-18(2)20-11-8-19(9-12-20)10-13-23(27)26-16-14-21(15-17-26)24(28)25-22-6-4-3-5-7-22/h3-9,11-12,18,21H,10,13-17H2,1-2H3,(H,25,28). The molecule has 0 saturated carbocycles.